The molecule has 1 aromatic heterocycles. The summed E-state index contributed by atoms with van der Waals surface area (Å²) in [6.07, 6.45) is 5.76. The average Bonchev–Trinajstić information content (AvgIpc) is 4.14. The predicted molar refractivity (Wildman–Crippen MR) is 222 cm³/mol. The van der Waals surface area contributed by atoms with Crippen molar-refractivity contribution in [3.8, 4) is 22.8 Å². The average molecular weight is 832 g/mol. The van der Waals surface area contributed by atoms with E-state index >= 15 is 0 Å². The number of carbonyl (C=O) groups excluding carboxylic acids is 4. The van der Waals surface area contributed by atoms with Gasteiger partial charge in [-0.25, -0.2) is 18.2 Å². The molecule has 5 atom stereocenters. The zero-order valence-electron chi connectivity index (χ0n) is 34.6. The lowest BCUT2D eigenvalue weighted by Crippen LogP contribution is -2.58. The first-order chi connectivity index (χ1) is 28.1. The molecule has 2 heterocycles. The second-order valence-corrected chi connectivity index (χ2v) is 19.6. The molecule has 3 saturated carbocycles. The molecule has 7 rings (SSSR count). The zero-order valence-corrected chi connectivity index (χ0v) is 35.4. The van der Waals surface area contributed by atoms with E-state index in [1.54, 1.807) is 27.9 Å². The molecule has 3 N–H and O–H groups in total. The van der Waals surface area contributed by atoms with Crippen molar-refractivity contribution >= 4 is 44.7 Å². The lowest BCUT2D eigenvalue weighted by atomic mass is 9.84. The van der Waals surface area contributed by atoms with Crippen molar-refractivity contribution in [2.45, 2.75) is 133 Å². The molecule has 318 valence electrons. The lowest BCUT2D eigenvalue weighted by Gasteiger charge is -2.32. The molecular weight excluding hydrogens is 775 g/mol. The topological polar surface area (TPSA) is 182 Å². The quantitative estimate of drug-likeness (QED) is 0.174. The third-order valence-corrected chi connectivity index (χ3v) is 13.8. The first-order valence-corrected chi connectivity index (χ1v) is 22.5. The van der Waals surface area contributed by atoms with Crippen molar-refractivity contribution in [2.75, 3.05) is 13.7 Å². The highest BCUT2D eigenvalue weighted by atomic mass is 32.2. The monoisotopic (exact) mass is 831 g/mol. The number of pyridine rings is 1. The molecule has 3 aliphatic carbocycles. The second kappa shape index (κ2) is 17.0. The Balaban J connectivity index is 1.21. The Kier molecular flexibility index (Phi) is 12.1. The minimum absolute atomic E-state index is 0.00118. The summed E-state index contributed by atoms with van der Waals surface area (Å²) in [5, 5.41) is 5.85. The van der Waals surface area contributed by atoms with Gasteiger partial charge in [0.25, 0.3) is 5.91 Å². The van der Waals surface area contributed by atoms with E-state index < -0.39 is 68.4 Å². The van der Waals surface area contributed by atoms with Crippen LogP contribution in [0.5, 0.6) is 11.5 Å². The van der Waals surface area contributed by atoms with Crippen LogP contribution in [0.15, 0.2) is 54.6 Å². The van der Waals surface area contributed by atoms with Crippen LogP contribution in [0.25, 0.3) is 22.2 Å². The third kappa shape index (κ3) is 9.77. The number of likely N-dealkylation sites (tertiary alicyclic amines) is 1. The van der Waals surface area contributed by atoms with Crippen molar-refractivity contribution in [3.05, 3.63) is 54.6 Å². The van der Waals surface area contributed by atoms with E-state index in [4.69, 9.17) is 19.2 Å². The Bertz CT molecular complexity index is 2170. The smallest absolute Gasteiger partial charge is 0.408 e. The van der Waals surface area contributed by atoms with E-state index in [0.717, 1.165) is 37.7 Å². The highest BCUT2D eigenvalue weighted by Gasteiger charge is 2.62. The number of fused-ring (bicyclic) bond motifs is 1. The Morgan fingerprint density at radius 3 is 2.36 bits per heavy atom. The fraction of sp³-hybridized carbons (Fsp3) is 0.568. The summed E-state index contributed by atoms with van der Waals surface area (Å²) < 4.78 is 45.8. The predicted octanol–water partition coefficient (Wildman–Crippen LogP) is 6.02. The van der Waals surface area contributed by atoms with Gasteiger partial charge in [-0.15, -0.1) is 0 Å². The number of amides is 4. The van der Waals surface area contributed by atoms with Gasteiger partial charge in [0.15, 0.2) is 0 Å². The van der Waals surface area contributed by atoms with Gasteiger partial charge in [-0.05, 0) is 70.4 Å². The molecule has 3 aromatic rings. The molecule has 1 aliphatic heterocycles. The first-order valence-electron chi connectivity index (χ1n) is 21.0. The van der Waals surface area contributed by atoms with E-state index in [1.165, 1.54) is 4.90 Å². The van der Waals surface area contributed by atoms with E-state index in [-0.39, 0.29) is 31.2 Å². The minimum Gasteiger partial charge on any atom is -0.497 e. The van der Waals surface area contributed by atoms with Crippen molar-refractivity contribution in [3.63, 3.8) is 0 Å². The Hall–Kier alpha value is -4.92. The molecule has 4 fully saturated rings. The van der Waals surface area contributed by atoms with Crippen LogP contribution in [0.2, 0.25) is 0 Å². The largest absolute Gasteiger partial charge is 0.497 e. The Morgan fingerprint density at radius 2 is 1.71 bits per heavy atom. The maximum atomic E-state index is 14.9. The van der Waals surface area contributed by atoms with E-state index in [2.05, 4.69) is 15.4 Å². The van der Waals surface area contributed by atoms with Gasteiger partial charge in [-0.1, -0.05) is 75.8 Å². The van der Waals surface area contributed by atoms with Crippen LogP contribution in [0.1, 0.15) is 98.3 Å². The number of hydrogen-bond donors (Lipinski definition) is 3. The number of methoxy groups -OCH3 is 1. The zero-order chi connectivity index (χ0) is 42.1. The van der Waals surface area contributed by atoms with Gasteiger partial charge in [0.1, 0.15) is 40.8 Å². The summed E-state index contributed by atoms with van der Waals surface area (Å²) in [6, 6.07) is 14.9. The number of hydrogen-bond acceptors (Lipinski definition) is 10. The molecule has 2 aromatic carbocycles. The summed E-state index contributed by atoms with van der Waals surface area (Å²) in [6.45, 7) is 7.13. The molecule has 4 aliphatic rings. The highest BCUT2D eigenvalue weighted by molar-refractivity contribution is 7.91. The molecule has 15 heteroatoms. The molecule has 1 saturated heterocycles. The SMILES string of the molecule is CC[C@@H]1C[C@]1(NC(=O)[C@@H]1C[C@@H](Oc2cc(-c3ccccc3)nc3cc(OC)ccc23)CN1C(=O)[C@H](CC1CCCCC1)NC(=O)OC(C)(C)C)C(=O)NS(=O)(=O)C1CC1. The molecule has 0 unspecified atom stereocenters. The summed E-state index contributed by atoms with van der Waals surface area (Å²) in [5.74, 6) is -0.810. The van der Waals surface area contributed by atoms with Crippen LogP contribution in [0, 0.1) is 11.8 Å². The number of aromatic nitrogens is 1. The van der Waals surface area contributed by atoms with Gasteiger partial charge in [-0.2, -0.15) is 0 Å². The molecule has 0 bridgehead atoms. The highest BCUT2D eigenvalue weighted by Crippen LogP contribution is 2.47. The number of alkyl carbamates (subject to hydrolysis) is 1. The summed E-state index contributed by atoms with van der Waals surface area (Å²) in [7, 11) is -2.30. The minimum atomic E-state index is -3.88. The first kappa shape index (κ1) is 42.2. The molecule has 0 spiro atoms. The molecule has 4 amide bonds. The second-order valence-electron chi connectivity index (χ2n) is 17.6. The van der Waals surface area contributed by atoms with Gasteiger partial charge in [0.05, 0.1) is 30.1 Å². The van der Waals surface area contributed by atoms with Gasteiger partial charge in [0.2, 0.25) is 21.8 Å². The van der Waals surface area contributed by atoms with Gasteiger partial charge in [0, 0.05) is 29.5 Å². The number of benzene rings is 2. The van der Waals surface area contributed by atoms with Crippen molar-refractivity contribution in [1.29, 1.82) is 0 Å². The number of nitrogens with zero attached hydrogens (tertiary/aromatic N) is 2. The van der Waals surface area contributed by atoms with Crippen molar-refractivity contribution in [1.82, 2.24) is 25.2 Å². The van der Waals surface area contributed by atoms with Crippen LogP contribution >= 0.6 is 0 Å². The number of rotatable bonds is 14. The lowest BCUT2D eigenvalue weighted by molar-refractivity contribution is -0.141. The molecule has 14 nitrogen and oxygen atoms in total. The molecule has 0 radical (unpaired) electrons. The summed E-state index contributed by atoms with van der Waals surface area (Å²) in [5.41, 5.74) is -0.103. The summed E-state index contributed by atoms with van der Waals surface area (Å²) in [4.78, 5) is 62.8. The Labute approximate surface area is 346 Å². The van der Waals surface area contributed by atoms with Crippen LogP contribution < -0.4 is 24.8 Å². The van der Waals surface area contributed by atoms with Gasteiger partial charge >= 0.3 is 6.09 Å². The maximum Gasteiger partial charge on any atom is 0.408 e. The fourth-order valence-corrected chi connectivity index (χ4v) is 10.00. The molecule has 59 heavy (non-hydrogen) atoms. The van der Waals surface area contributed by atoms with Crippen LogP contribution in [0.3, 0.4) is 0 Å². The standard InChI is InChI=1S/C44H57N5O9S/c1-6-29-25-44(29,41(52)48-59(54,55)32-18-19-32)47-39(50)37-23-31(26-49(37)40(51)36(21-27-13-9-7-10-14-27)46-42(53)58-43(2,3)4)57-38-24-34(28-15-11-8-12-16-28)45-35-22-30(56-5)17-20-33(35)38/h8,11-12,15-17,20,22,24,27,29,31-32,36-37H,6-7,9-10,13-14,18-19,21,23,25-26H2,1-5H3,(H,46,53)(H,47,50)(H,48,52)/t29-,31-,36+,37+,44-/m1/s1. The number of sulfonamides is 1. The van der Waals surface area contributed by atoms with E-state index in [9.17, 15) is 27.6 Å². The molecular formula is C44H57N5O9S. The van der Waals surface area contributed by atoms with E-state index in [1.807, 2.05) is 61.5 Å². The van der Waals surface area contributed by atoms with Crippen LogP contribution in [0.4, 0.5) is 4.79 Å². The van der Waals surface area contributed by atoms with Crippen molar-refractivity contribution < 1.29 is 41.8 Å². The van der Waals surface area contributed by atoms with Crippen LogP contribution in [-0.4, -0.2) is 90.3 Å². The van der Waals surface area contributed by atoms with E-state index in [0.29, 0.717) is 53.8 Å². The fourth-order valence-electron chi connectivity index (χ4n) is 8.64. The van der Waals surface area contributed by atoms with Gasteiger partial charge in [-0.3, -0.25) is 19.1 Å². The number of ether oxygens (including phenoxy) is 3. The Morgan fingerprint density at radius 1 is 0.983 bits per heavy atom. The summed E-state index contributed by atoms with van der Waals surface area (Å²) >= 11 is 0. The van der Waals surface area contributed by atoms with Crippen molar-refractivity contribution in [2.24, 2.45) is 11.8 Å². The maximum absolute atomic E-state index is 14.9. The third-order valence-electron chi connectivity index (χ3n) is 12.0. The van der Waals surface area contributed by atoms with Crippen LogP contribution in [-0.2, 0) is 29.1 Å². The number of nitrogens with one attached hydrogen (secondary N) is 3. The normalized spacial score (nSPS) is 23.9. The van der Waals surface area contributed by atoms with Gasteiger partial charge < -0.3 is 29.7 Å². The number of carbonyl (C=O) groups is 4.